The van der Waals surface area contributed by atoms with Crippen molar-refractivity contribution in [1.29, 1.82) is 0 Å². The highest BCUT2D eigenvalue weighted by molar-refractivity contribution is 14.1. The molecule has 0 bridgehead atoms. The van der Waals surface area contributed by atoms with Gasteiger partial charge in [0.15, 0.2) is 0 Å². The average molecular weight is 885 g/mol. The summed E-state index contributed by atoms with van der Waals surface area (Å²) in [4.78, 5) is 73.9. The SMILES string of the molecule is CCOC(=O)[C@@H](NC(=O)N[C@H](C(=O)N1C[C@H](Oc2nccc3cc(OC)ccc23)C[C@H]1C(=O)N[C@]1(C(=O)NS(=O)(=O)C2CC2)C[C@H]1I)C(C)(C)C)C(C)C. The fraction of sp³-hybridized carbons (Fsp3) is 0.611. The number of ether oxygens (including phenoxy) is 3. The molecule has 3 fully saturated rings. The summed E-state index contributed by atoms with van der Waals surface area (Å²) >= 11 is 1.99. The van der Waals surface area contributed by atoms with Gasteiger partial charge in [0.1, 0.15) is 35.5 Å². The number of methoxy groups -OCH3 is 1. The standard InChI is InChI=1S/C36H49IN6O10S/c1-8-52-32(46)27(19(2)3)39-34(48)40-28(35(4,5)6)31(45)43-18-22(53-30-24-12-9-21(51-7)15-20(24)13-14-38-30)16-25(43)29(44)41-36(17-26(36)37)33(47)42-54(49,50)23-10-11-23/h9,12-15,19,22-23,25-28H,8,10-11,16-18H2,1-7H3,(H,41,44)(H,42,47)(H2,39,40,48)/t22-,25+,26-,27+,28-,36-/m1/s1. The first kappa shape index (κ1) is 41.2. The van der Waals surface area contributed by atoms with Gasteiger partial charge in [-0.05, 0) is 67.2 Å². The Morgan fingerprint density at radius 2 is 1.78 bits per heavy atom. The predicted molar refractivity (Wildman–Crippen MR) is 206 cm³/mol. The van der Waals surface area contributed by atoms with Gasteiger partial charge in [-0.1, -0.05) is 57.2 Å². The normalized spacial score (nSPS) is 23.6. The van der Waals surface area contributed by atoms with Crippen molar-refractivity contribution in [3.8, 4) is 11.6 Å². The van der Waals surface area contributed by atoms with E-state index in [9.17, 15) is 32.4 Å². The van der Waals surface area contributed by atoms with Crippen molar-refractivity contribution in [2.45, 2.75) is 106 Å². The van der Waals surface area contributed by atoms with Crippen LogP contribution in [0.2, 0.25) is 0 Å². The monoisotopic (exact) mass is 884 g/mol. The summed E-state index contributed by atoms with van der Waals surface area (Å²) in [6.45, 7) is 10.4. The molecule has 1 saturated heterocycles. The molecule has 16 nitrogen and oxygen atoms in total. The Morgan fingerprint density at radius 1 is 1.09 bits per heavy atom. The lowest BCUT2D eigenvalue weighted by Gasteiger charge is -2.36. The van der Waals surface area contributed by atoms with Gasteiger partial charge in [0, 0.05) is 21.9 Å². The maximum Gasteiger partial charge on any atom is 0.328 e. The zero-order valence-electron chi connectivity index (χ0n) is 31.4. The number of sulfonamides is 1. The number of nitrogens with zero attached hydrogens (tertiary/aromatic N) is 2. The van der Waals surface area contributed by atoms with Crippen molar-refractivity contribution in [1.82, 2.24) is 30.6 Å². The molecule has 6 atom stereocenters. The summed E-state index contributed by atoms with van der Waals surface area (Å²) in [5.41, 5.74) is -2.38. The van der Waals surface area contributed by atoms with Crippen molar-refractivity contribution in [2.24, 2.45) is 11.3 Å². The van der Waals surface area contributed by atoms with Gasteiger partial charge in [0.2, 0.25) is 27.7 Å². The van der Waals surface area contributed by atoms with Crippen molar-refractivity contribution in [3.63, 3.8) is 0 Å². The van der Waals surface area contributed by atoms with Gasteiger partial charge in [-0.3, -0.25) is 19.1 Å². The first-order valence-electron chi connectivity index (χ1n) is 18.0. The quantitative estimate of drug-likeness (QED) is 0.123. The first-order valence-corrected chi connectivity index (χ1v) is 20.8. The Kier molecular flexibility index (Phi) is 12.2. The molecular weight excluding hydrogens is 835 g/mol. The van der Waals surface area contributed by atoms with E-state index in [0.29, 0.717) is 24.0 Å². The Hall–Kier alpha value is -3.94. The number of aromatic nitrogens is 1. The molecule has 4 N–H and O–H groups in total. The summed E-state index contributed by atoms with van der Waals surface area (Å²) in [7, 11) is -2.33. The second kappa shape index (κ2) is 16.0. The van der Waals surface area contributed by atoms with Crippen LogP contribution in [0.1, 0.15) is 67.2 Å². The van der Waals surface area contributed by atoms with Crippen molar-refractivity contribution >= 4 is 73.1 Å². The number of pyridine rings is 1. The number of carbonyl (C=O) groups is 5. The van der Waals surface area contributed by atoms with Crippen LogP contribution in [0.5, 0.6) is 11.6 Å². The number of rotatable bonds is 14. The van der Waals surface area contributed by atoms with Crippen LogP contribution in [0.15, 0.2) is 30.5 Å². The maximum atomic E-state index is 14.6. The number of esters is 1. The number of amides is 5. The van der Waals surface area contributed by atoms with E-state index in [1.54, 1.807) is 73.0 Å². The van der Waals surface area contributed by atoms with E-state index >= 15 is 0 Å². The number of hydrogen-bond donors (Lipinski definition) is 4. The summed E-state index contributed by atoms with van der Waals surface area (Å²) in [5, 5.41) is 8.96. The maximum absolute atomic E-state index is 14.6. The zero-order valence-corrected chi connectivity index (χ0v) is 34.4. The number of fused-ring (bicyclic) bond motifs is 1. The van der Waals surface area contributed by atoms with Gasteiger partial charge in [-0.15, -0.1) is 0 Å². The zero-order chi connectivity index (χ0) is 39.7. The number of hydrogen-bond acceptors (Lipinski definition) is 11. The summed E-state index contributed by atoms with van der Waals surface area (Å²) in [5.74, 6) is -2.14. The molecule has 2 heterocycles. The third kappa shape index (κ3) is 9.12. The molecule has 1 aliphatic heterocycles. The second-order valence-electron chi connectivity index (χ2n) is 15.4. The van der Waals surface area contributed by atoms with Crippen LogP contribution in [-0.2, 0) is 33.9 Å². The van der Waals surface area contributed by atoms with Crippen molar-refractivity contribution in [2.75, 3.05) is 20.3 Å². The van der Waals surface area contributed by atoms with Gasteiger partial charge >= 0.3 is 12.0 Å². The molecule has 2 aromatic rings. The number of carbonyl (C=O) groups excluding carboxylic acids is 5. The molecule has 296 valence electrons. The number of benzene rings is 1. The fourth-order valence-corrected chi connectivity index (χ4v) is 8.87. The second-order valence-corrected chi connectivity index (χ2v) is 18.8. The predicted octanol–water partition coefficient (Wildman–Crippen LogP) is 2.56. The first-order chi connectivity index (χ1) is 25.3. The van der Waals surface area contributed by atoms with Crippen LogP contribution < -0.4 is 30.1 Å². The van der Waals surface area contributed by atoms with Gasteiger partial charge in [-0.2, -0.15) is 0 Å². The van der Waals surface area contributed by atoms with Crippen LogP contribution in [0.4, 0.5) is 4.79 Å². The van der Waals surface area contributed by atoms with Gasteiger partial charge in [0.25, 0.3) is 5.91 Å². The Balaban J connectivity index is 1.42. The largest absolute Gasteiger partial charge is 0.497 e. The van der Waals surface area contributed by atoms with E-state index in [1.807, 2.05) is 28.7 Å². The molecule has 0 radical (unpaired) electrons. The third-order valence-corrected chi connectivity index (χ3v) is 13.1. The number of urea groups is 1. The van der Waals surface area contributed by atoms with E-state index in [-0.39, 0.29) is 37.8 Å². The third-order valence-electron chi connectivity index (χ3n) is 9.77. The van der Waals surface area contributed by atoms with E-state index < -0.39 is 84.1 Å². The van der Waals surface area contributed by atoms with E-state index in [4.69, 9.17) is 14.2 Å². The lowest BCUT2D eigenvalue weighted by Crippen LogP contribution is -2.62. The van der Waals surface area contributed by atoms with Gasteiger partial charge in [-0.25, -0.2) is 23.0 Å². The molecule has 54 heavy (non-hydrogen) atoms. The molecule has 5 rings (SSSR count). The molecule has 0 spiro atoms. The number of halogens is 1. The average Bonchev–Trinajstić information content (AvgIpc) is 4.02. The summed E-state index contributed by atoms with van der Waals surface area (Å²) in [6.07, 6.45) is 1.93. The minimum absolute atomic E-state index is 0.00286. The summed E-state index contributed by atoms with van der Waals surface area (Å²) in [6, 6.07) is 3.05. The minimum Gasteiger partial charge on any atom is -0.497 e. The summed E-state index contributed by atoms with van der Waals surface area (Å²) < 4.78 is 43.9. The van der Waals surface area contributed by atoms with Crippen LogP contribution >= 0.6 is 22.6 Å². The van der Waals surface area contributed by atoms with E-state index in [1.165, 1.54) is 4.90 Å². The van der Waals surface area contributed by atoms with Crippen molar-refractivity contribution < 1.29 is 46.6 Å². The van der Waals surface area contributed by atoms with E-state index in [0.717, 1.165) is 5.39 Å². The highest BCUT2D eigenvalue weighted by Crippen LogP contribution is 2.44. The molecular formula is C36H49IN6O10S. The Labute approximate surface area is 328 Å². The van der Waals surface area contributed by atoms with Gasteiger partial charge in [0.05, 0.1) is 25.5 Å². The molecule has 5 amide bonds. The van der Waals surface area contributed by atoms with Crippen LogP contribution in [0.25, 0.3) is 10.8 Å². The molecule has 2 aliphatic carbocycles. The van der Waals surface area contributed by atoms with E-state index in [2.05, 4.69) is 25.7 Å². The van der Waals surface area contributed by atoms with Crippen LogP contribution in [0.3, 0.4) is 0 Å². The number of nitrogens with one attached hydrogen (secondary N) is 4. The molecule has 18 heteroatoms. The smallest absolute Gasteiger partial charge is 0.328 e. The number of likely N-dealkylation sites (tertiary alicyclic amines) is 1. The fourth-order valence-electron chi connectivity index (χ4n) is 6.37. The lowest BCUT2D eigenvalue weighted by atomic mass is 9.85. The lowest BCUT2D eigenvalue weighted by molar-refractivity contribution is -0.146. The molecule has 3 aliphatic rings. The topological polar surface area (TPSA) is 211 Å². The Bertz CT molecular complexity index is 1900. The minimum atomic E-state index is -3.89. The number of alkyl halides is 1. The Morgan fingerprint density at radius 3 is 2.35 bits per heavy atom. The highest BCUT2D eigenvalue weighted by Gasteiger charge is 2.62. The van der Waals surface area contributed by atoms with Gasteiger partial charge < -0.3 is 35.1 Å². The molecule has 1 aromatic heterocycles. The molecule has 0 unspecified atom stereocenters. The van der Waals surface area contributed by atoms with Crippen LogP contribution in [-0.4, -0.2) is 107 Å². The van der Waals surface area contributed by atoms with Crippen LogP contribution in [0, 0.1) is 11.3 Å². The molecule has 1 aromatic carbocycles. The molecule has 2 saturated carbocycles. The highest BCUT2D eigenvalue weighted by atomic mass is 127. The van der Waals surface area contributed by atoms with Crippen molar-refractivity contribution in [3.05, 3.63) is 30.5 Å².